The van der Waals surface area contributed by atoms with Crippen LogP contribution in [-0.4, -0.2) is 21.3 Å². The van der Waals surface area contributed by atoms with E-state index in [1.807, 2.05) is 0 Å². The molecule has 0 aromatic heterocycles. The molecule has 0 rings (SSSR count). The summed E-state index contributed by atoms with van der Waals surface area (Å²) in [6, 6.07) is 0. The molecule has 0 bridgehead atoms. The van der Waals surface area contributed by atoms with Gasteiger partial charge in [-0.3, -0.25) is 0 Å². The Kier molecular flexibility index (Phi) is 15.7. The van der Waals surface area contributed by atoms with E-state index in [1.54, 1.807) is 0 Å². The zero-order chi connectivity index (χ0) is 17.4. The predicted octanol–water partition coefficient (Wildman–Crippen LogP) is 7.22. The summed E-state index contributed by atoms with van der Waals surface area (Å²) in [4.78, 5) is 0. The van der Waals surface area contributed by atoms with Gasteiger partial charge in [0.2, 0.25) is 0 Å². The smallest absolute Gasteiger partial charge is 0.331 e. The van der Waals surface area contributed by atoms with Gasteiger partial charge in [0, 0.05) is 12.7 Å². The minimum Gasteiger partial charge on any atom is -0.395 e. The third-order valence-electron chi connectivity index (χ3n) is 4.40. The lowest BCUT2D eigenvalue weighted by atomic mass is 10.1. The van der Waals surface area contributed by atoms with Crippen LogP contribution in [0.3, 0.4) is 0 Å². The molecule has 23 heavy (non-hydrogen) atoms. The van der Waals surface area contributed by atoms with Gasteiger partial charge in [0.15, 0.2) is 0 Å². The van der Waals surface area contributed by atoms with E-state index in [4.69, 9.17) is 8.85 Å². The number of hydrogen-bond donors (Lipinski definition) is 0. The van der Waals surface area contributed by atoms with Crippen molar-refractivity contribution in [3.05, 3.63) is 0 Å². The highest BCUT2D eigenvalue weighted by atomic mass is 28.4. The van der Waals surface area contributed by atoms with E-state index < -0.39 is 8.56 Å². The van der Waals surface area contributed by atoms with E-state index in [9.17, 15) is 0 Å². The number of rotatable bonds is 17. The minimum absolute atomic E-state index is 0.351. The van der Waals surface area contributed by atoms with E-state index in [-0.39, 0.29) is 0 Å². The van der Waals surface area contributed by atoms with Crippen molar-refractivity contribution in [1.82, 2.24) is 0 Å². The first-order valence-electron chi connectivity index (χ1n) is 10.3. The van der Waals surface area contributed by atoms with Crippen LogP contribution in [-0.2, 0) is 8.85 Å². The molecule has 0 fully saturated rings. The topological polar surface area (TPSA) is 18.5 Å². The van der Waals surface area contributed by atoms with Crippen molar-refractivity contribution in [3.8, 4) is 0 Å². The normalized spacial score (nSPS) is 13.4. The second kappa shape index (κ2) is 15.7. The van der Waals surface area contributed by atoms with Crippen LogP contribution in [0, 0.1) is 0 Å². The van der Waals surface area contributed by atoms with Crippen molar-refractivity contribution in [2.45, 2.75) is 123 Å². The molecule has 1 atom stereocenters. The zero-order valence-electron chi connectivity index (χ0n) is 16.8. The molecular formula is C20H44O2Si. The maximum atomic E-state index is 6.15. The Morgan fingerprint density at radius 1 is 0.696 bits per heavy atom. The number of hydrogen-bond acceptors (Lipinski definition) is 2. The molecule has 0 aromatic rings. The monoisotopic (exact) mass is 344 g/mol. The summed E-state index contributed by atoms with van der Waals surface area (Å²) in [6.45, 7) is 12.0. The molecule has 0 aliphatic carbocycles. The van der Waals surface area contributed by atoms with Gasteiger partial charge < -0.3 is 8.85 Å². The lowest BCUT2D eigenvalue weighted by molar-refractivity contribution is 0.122. The summed E-state index contributed by atoms with van der Waals surface area (Å²) in [5.41, 5.74) is 0. The van der Waals surface area contributed by atoms with Gasteiger partial charge in [-0.2, -0.15) is 0 Å². The van der Waals surface area contributed by atoms with E-state index in [0.717, 1.165) is 13.0 Å². The van der Waals surface area contributed by atoms with Crippen molar-refractivity contribution >= 4 is 8.56 Å². The Balaban J connectivity index is 3.41. The summed E-state index contributed by atoms with van der Waals surface area (Å²) in [5, 5.41) is 0. The molecule has 0 N–H and O–H groups in total. The van der Waals surface area contributed by atoms with Crippen LogP contribution in [0.1, 0.15) is 104 Å². The van der Waals surface area contributed by atoms with Gasteiger partial charge in [-0.1, -0.05) is 84.5 Å². The van der Waals surface area contributed by atoms with Crippen molar-refractivity contribution < 1.29 is 8.85 Å². The van der Waals surface area contributed by atoms with E-state index in [0.29, 0.717) is 6.10 Å². The Morgan fingerprint density at radius 3 is 1.70 bits per heavy atom. The SMILES string of the molecule is CCCCCCCCCCCCO[Si](C)(C)OC(C)CCCC. The third-order valence-corrected chi connectivity index (χ3v) is 6.27. The van der Waals surface area contributed by atoms with Crippen LogP contribution in [0.15, 0.2) is 0 Å². The fourth-order valence-corrected chi connectivity index (χ4v) is 4.77. The zero-order valence-corrected chi connectivity index (χ0v) is 17.8. The van der Waals surface area contributed by atoms with Gasteiger partial charge in [0.05, 0.1) is 0 Å². The lowest BCUT2D eigenvalue weighted by Gasteiger charge is -2.27. The molecule has 0 aliphatic heterocycles. The van der Waals surface area contributed by atoms with Crippen molar-refractivity contribution in [3.63, 3.8) is 0 Å². The average Bonchev–Trinajstić information content (AvgIpc) is 2.50. The van der Waals surface area contributed by atoms with Crippen molar-refractivity contribution in [2.75, 3.05) is 6.61 Å². The maximum Gasteiger partial charge on any atom is 0.331 e. The van der Waals surface area contributed by atoms with Crippen molar-refractivity contribution in [1.29, 1.82) is 0 Å². The Morgan fingerprint density at radius 2 is 1.17 bits per heavy atom. The van der Waals surface area contributed by atoms with Crippen LogP contribution in [0.4, 0.5) is 0 Å². The summed E-state index contributed by atoms with van der Waals surface area (Å²) in [5.74, 6) is 0. The van der Waals surface area contributed by atoms with Gasteiger partial charge in [0.25, 0.3) is 0 Å². The molecule has 1 unspecified atom stereocenters. The Hall–Kier alpha value is 0.137. The first-order valence-corrected chi connectivity index (χ1v) is 13.1. The van der Waals surface area contributed by atoms with E-state index in [1.165, 1.54) is 77.0 Å². The molecule has 0 saturated heterocycles. The summed E-state index contributed by atoms with van der Waals surface area (Å²) in [6.07, 6.45) is 17.8. The van der Waals surface area contributed by atoms with Gasteiger partial charge in [0.1, 0.15) is 0 Å². The average molecular weight is 345 g/mol. The minimum atomic E-state index is -1.91. The molecular weight excluding hydrogens is 300 g/mol. The van der Waals surface area contributed by atoms with Gasteiger partial charge in [-0.25, -0.2) is 0 Å². The molecule has 2 nitrogen and oxygen atoms in total. The summed E-state index contributed by atoms with van der Waals surface area (Å²) in [7, 11) is -1.91. The largest absolute Gasteiger partial charge is 0.395 e. The molecule has 3 heteroatoms. The molecule has 140 valence electrons. The quantitative estimate of drug-likeness (QED) is 0.205. The van der Waals surface area contributed by atoms with E-state index >= 15 is 0 Å². The van der Waals surface area contributed by atoms with Crippen LogP contribution in [0.25, 0.3) is 0 Å². The fraction of sp³-hybridized carbons (Fsp3) is 1.00. The van der Waals surface area contributed by atoms with Crippen LogP contribution < -0.4 is 0 Å². The molecule has 0 aliphatic rings. The van der Waals surface area contributed by atoms with Crippen molar-refractivity contribution in [2.24, 2.45) is 0 Å². The molecule has 0 radical (unpaired) electrons. The highest BCUT2D eigenvalue weighted by Gasteiger charge is 2.26. The van der Waals surface area contributed by atoms with Gasteiger partial charge in [-0.15, -0.1) is 0 Å². The van der Waals surface area contributed by atoms with Crippen LogP contribution >= 0.6 is 0 Å². The summed E-state index contributed by atoms with van der Waals surface area (Å²) >= 11 is 0. The van der Waals surface area contributed by atoms with Crippen LogP contribution in [0.2, 0.25) is 13.1 Å². The van der Waals surface area contributed by atoms with Gasteiger partial charge in [-0.05, 0) is 32.9 Å². The lowest BCUT2D eigenvalue weighted by Crippen LogP contribution is -2.38. The maximum absolute atomic E-state index is 6.15. The predicted molar refractivity (Wildman–Crippen MR) is 105 cm³/mol. The summed E-state index contributed by atoms with van der Waals surface area (Å²) < 4.78 is 12.2. The molecule has 0 aromatic carbocycles. The Labute approximate surface area is 148 Å². The third kappa shape index (κ3) is 16.8. The molecule has 0 spiro atoms. The molecule has 0 heterocycles. The standard InChI is InChI=1S/C20H44O2Si/c1-6-8-10-11-12-13-14-15-16-17-19-21-23(4,5)22-20(3)18-9-7-2/h20H,6-19H2,1-5H3. The van der Waals surface area contributed by atoms with Crippen LogP contribution in [0.5, 0.6) is 0 Å². The highest BCUT2D eigenvalue weighted by molar-refractivity contribution is 6.64. The second-order valence-corrected chi connectivity index (χ2v) is 10.8. The fourth-order valence-electron chi connectivity index (χ4n) is 2.98. The molecule has 0 saturated carbocycles. The second-order valence-electron chi connectivity index (χ2n) is 7.50. The first-order chi connectivity index (χ1) is 11.0. The highest BCUT2D eigenvalue weighted by Crippen LogP contribution is 2.15. The number of unbranched alkanes of at least 4 members (excludes halogenated alkanes) is 10. The Bertz CT molecular complexity index is 244. The molecule has 0 amide bonds. The van der Waals surface area contributed by atoms with Gasteiger partial charge >= 0.3 is 8.56 Å². The first kappa shape index (κ1) is 23.1. The van der Waals surface area contributed by atoms with E-state index in [2.05, 4.69) is 33.9 Å².